The first kappa shape index (κ1) is 34.9. The minimum absolute atomic E-state index is 0.0263. The molecule has 0 N–H and O–H groups in total. The highest BCUT2D eigenvalue weighted by Crippen LogP contribution is 2.30. The lowest BCUT2D eigenvalue weighted by molar-refractivity contribution is -0.154. The summed E-state index contributed by atoms with van der Waals surface area (Å²) in [7, 11) is -2.53. The second-order valence-electron chi connectivity index (χ2n) is 12.1. The number of nitrogens with zero attached hydrogens (tertiary/aromatic N) is 2. The number of hydrogen-bond donors (Lipinski definition) is 0. The number of ether oxygens (including phenoxy) is 4. The van der Waals surface area contributed by atoms with E-state index >= 15 is 0 Å². The van der Waals surface area contributed by atoms with Crippen LogP contribution in [-0.4, -0.2) is 70.3 Å². The number of amides is 1. The number of carbonyl (C=O) groups is 2. The normalized spacial score (nSPS) is 15.5. The Hall–Kier alpha value is -4.97. The molecule has 260 valence electrons. The van der Waals surface area contributed by atoms with Crippen molar-refractivity contribution in [2.24, 2.45) is 0 Å². The van der Waals surface area contributed by atoms with Crippen LogP contribution in [0, 0.1) is 0 Å². The maximum atomic E-state index is 13.8. The van der Waals surface area contributed by atoms with Gasteiger partial charge in [-0.1, -0.05) is 72.8 Å². The summed E-state index contributed by atoms with van der Waals surface area (Å²) in [5.74, 6) is 0.0197. The number of fused-ring (bicyclic) bond motifs is 2. The van der Waals surface area contributed by atoms with Crippen LogP contribution in [0.4, 0.5) is 10.5 Å². The van der Waals surface area contributed by atoms with Gasteiger partial charge < -0.3 is 18.9 Å². The summed E-state index contributed by atoms with van der Waals surface area (Å²) in [6.45, 7) is 2.38. The van der Waals surface area contributed by atoms with Gasteiger partial charge in [0, 0.05) is 19.3 Å². The second-order valence-corrected chi connectivity index (χ2v) is 14.0. The average Bonchev–Trinajstić information content (AvgIpc) is 3.65. The maximum absolute atomic E-state index is 13.8. The van der Waals surface area contributed by atoms with E-state index < -0.39 is 34.2 Å². The Labute approximate surface area is 292 Å². The van der Waals surface area contributed by atoms with Gasteiger partial charge in [-0.3, -0.25) is 9.69 Å². The summed E-state index contributed by atoms with van der Waals surface area (Å²) in [6, 6.07) is 32.6. The highest BCUT2D eigenvalue weighted by Gasteiger charge is 2.41. The third-order valence-electron chi connectivity index (χ3n) is 8.67. The van der Waals surface area contributed by atoms with Crippen molar-refractivity contribution in [1.82, 2.24) is 4.31 Å². The summed E-state index contributed by atoms with van der Waals surface area (Å²) in [4.78, 5) is 28.5. The smallest absolute Gasteiger partial charge is 0.414 e. The molecule has 0 unspecified atom stereocenters. The van der Waals surface area contributed by atoms with E-state index in [4.69, 9.17) is 18.9 Å². The van der Waals surface area contributed by atoms with E-state index in [1.54, 1.807) is 31.2 Å². The lowest BCUT2D eigenvalue weighted by Gasteiger charge is -2.29. The highest BCUT2D eigenvalue weighted by molar-refractivity contribution is 7.89. The van der Waals surface area contributed by atoms with Crippen LogP contribution >= 0.6 is 0 Å². The maximum Gasteiger partial charge on any atom is 0.414 e. The molecule has 1 heterocycles. The molecule has 5 aromatic carbocycles. The van der Waals surface area contributed by atoms with Gasteiger partial charge >= 0.3 is 12.1 Å². The molecule has 1 saturated heterocycles. The van der Waals surface area contributed by atoms with Crippen molar-refractivity contribution < 1.29 is 37.0 Å². The van der Waals surface area contributed by atoms with E-state index in [9.17, 15) is 18.0 Å². The zero-order chi connectivity index (χ0) is 35.1. The van der Waals surface area contributed by atoms with Crippen molar-refractivity contribution in [2.45, 2.75) is 43.4 Å². The van der Waals surface area contributed by atoms with Gasteiger partial charge in [0.25, 0.3) is 0 Å². The fourth-order valence-electron chi connectivity index (χ4n) is 6.18. The molecule has 1 aliphatic heterocycles. The number of methoxy groups -OCH3 is 1. The molecule has 1 fully saturated rings. The average molecular weight is 697 g/mol. The Morgan fingerprint density at radius 1 is 0.860 bits per heavy atom. The van der Waals surface area contributed by atoms with E-state index in [1.807, 2.05) is 84.9 Å². The van der Waals surface area contributed by atoms with Crippen molar-refractivity contribution in [3.63, 3.8) is 0 Å². The van der Waals surface area contributed by atoms with Crippen molar-refractivity contribution in [3.05, 3.63) is 115 Å². The molecule has 6 rings (SSSR count). The number of esters is 1. The van der Waals surface area contributed by atoms with Gasteiger partial charge in [0.05, 0.1) is 24.7 Å². The van der Waals surface area contributed by atoms with E-state index in [0.29, 0.717) is 30.9 Å². The Bertz CT molecular complexity index is 2070. The molecule has 1 aliphatic rings. The summed E-state index contributed by atoms with van der Waals surface area (Å²) < 4.78 is 51.4. The third kappa shape index (κ3) is 7.91. The lowest BCUT2D eigenvalue weighted by atomic mass is 10.1. The predicted molar refractivity (Wildman–Crippen MR) is 192 cm³/mol. The molecule has 0 saturated carbocycles. The van der Waals surface area contributed by atoms with Crippen molar-refractivity contribution in [3.8, 4) is 5.75 Å². The van der Waals surface area contributed by atoms with E-state index in [2.05, 4.69) is 0 Å². The van der Waals surface area contributed by atoms with Crippen LogP contribution in [0.5, 0.6) is 5.75 Å². The molecule has 11 heteroatoms. The highest BCUT2D eigenvalue weighted by atomic mass is 32.2. The molecule has 1 amide bonds. The number of hydrogen-bond acceptors (Lipinski definition) is 8. The fraction of sp³-hybridized carbons (Fsp3) is 0.282. The van der Waals surface area contributed by atoms with Crippen LogP contribution < -0.4 is 9.64 Å². The van der Waals surface area contributed by atoms with Gasteiger partial charge in [-0.05, 0) is 83.3 Å². The molecule has 2 atom stereocenters. The van der Waals surface area contributed by atoms with Gasteiger partial charge in [0.2, 0.25) is 10.0 Å². The van der Waals surface area contributed by atoms with Crippen molar-refractivity contribution in [2.75, 3.05) is 38.3 Å². The van der Waals surface area contributed by atoms with Crippen LogP contribution in [0.2, 0.25) is 0 Å². The SMILES string of the molecule is CCOC(=O)N(C[C@@H](COC)OC(=O)[C@@H]1CCCN1S(=O)(=O)c1ccc2ccccc2c1)c1ccc2cc(OCc3ccccc3)ccc2c1. The summed E-state index contributed by atoms with van der Waals surface area (Å²) in [5.41, 5.74) is 1.60. The number of rotatable bonds is 13. The zero-order valence-electron chi connectivity index (χ0n) is 28.1. The van der Waals surface area contributed by atoms with Crippen LogP contribution in [0.1, 0.15) is 25.3 Å². The Kier molecular flexibility index (Phi) is 11.0. The zero-order valence-corrected chi connectivity index (χ0v) is 28.9. The van der Waals surface area contributed by atoms with Gasteiger partial charge in [0.15, 0.2) is 0 Å². The summed E-state index contributed by atoms with van der Waals surface area (Å²) in [6.07, 6.45) is -0.707. The Morgan fingerprint density at radius 3 is 2.34 bits per heavy atom. The van der Waals surface area contributed by atoms with Gasteiger partial charge in [-0.25, -0.2) is 13.2 Å². The first-order valence-electron chi connectivity index (χ1n) is 16.6. The fourth-order valence-corrected chi connectivity index (χ4v) is 7.86. The molecule has 0 radical (unpaired) electrons. The van der Waals surface area contributed by atoms with Crippen LogP contribution in [-0.2, 0) is 35.6 Å². The second kappa shape index (κ2) is 15.7. The number of carbonyl (C=O) groups excluding carboxylic acids is 2. The van der Waals surface area contributed by atoms with E-state index in [0.717, 1.165) is 27.1 Å². The van der Waals surface area contributed by atoms with Gasteiger partial charge in [0.1, 0.15) is 24.5 Å². The summed E-state index contributed by atoms with van der Waals surface area (Å²) in [5, 5.41) is 3.49. The molecule has 0 spiro atoms. The van der Waals surface area contributed by atoms with Crippen LogP contribution in [0.25, 0.3) is 21.5 Å². The standard InChI is InChI=1S/C39H40N2O8S/c1-3-47-39(43)40(33-18-15-32-23-34(19-16-31(32)22-33)48-26-28-10-5-4-6-11-28)25-35(27-46-2)49-38(42)37-14-9-21-41(37)50(44,45)36-20-17-29-12-7-8-13-30(29)24-36/h4-8,10-13,15-20,22-24,35,37H,3,9,14,21,25-27H2,1-2H3/t35-,37-/m0/s1. The third-order valence-corrected chi connectivity index (χ3v) is 10.6. The molecular weight excluding hydrogens is 657 g/mol. The number of sulfonamides is 1. The van der Waals surface area contributed by atoms with Crippen molar-refractivity contribution >= 4 is 49.3 Å². The molecule has 0 bridgehead atoms. The minimum Gasteiger partial charge on any atom is -0.489 e. The quantitative estimate of drug-likeness (QED) is 0.122. The Balaban J connectivity index is 1.19. The largest absolute Gasteiger partial charge is 0.489 e. The lowest BCUT2D eigenvalue weighted by Crippen LogP contribution is -2.46. The van der Waals surface area contributed by atoms with Gasteiger partial charge in [-0.2, -0.15) is 4.31 Å². The predicted octanol–water partition coefficient (Wildman–Crippen LogP) is 6.95. The van der Waals surface area contributed by atoms with Crippen LogP contribution in [0.15, 0.2) is 114 Å². The first-order valence-corrected chi connectivity index (χ1v) is 18.1. The molecule has 50 heavy (non-hydrogen) atoms. The molecule has 0 aliphatic carbocycles. The Morgan fingerprint density at radius 2 is 1.56 bits per heavy atom. The monoisotopic (exact) mass is 696 g/mol. The number of benzene rings is 5. The minimum atomic E-state index is -3.99. The topological polar surface area (TPSA) is 112 Å². The van der Waals surface area contributed by atoms with Gasteiger partial charge in [-0.15, -0.1) is 0 Å². The van der Waals surface area contributed by atoms with E-state index in [-0.39, 0.29) is 31.2 Å². The summed E-state index contributed by atoms with van der Waals surface area (Å²) >= 11 is 0. The first-order chi connectivity index (χ1) is 24.3. The molecule has 0 aromatic heterocycles. The molecule has 5 aromatic rings. The van der Waals surface area contributed by atoms with E-state index in [1.165, 1.54) is 16.3 Å². The van der Waals surface area contributed by atoms with Crippen molar-refractivity contribution in [1.29, 1.82) is 0 Å². The molecule has 10 nitrogen and oxygen atoms in total. The van der Waals surface area contributed by atoms with Crippen LogP contribution in [0.3, 0.4) is 0 Å². The number of anilines is 1. The molecular formula is C39H40N2O8S.